The number of furan rings is 1. The maximum absolute atomic E-state index is 12.1. The van der Waals surface area contributed by atoms with Gasteiger partial charge in [-0.25, -0.2) is 0 Å². The molecule has 0 radical (unpaired) electrons. The van der Waals surface area contributed by atoms with Gasteiger partial charge in [-0.3, -0.25) is 9.69 Å². The second kappa shape index (κ2) is 7.45. The molecule has 2 rings (SSSR count). The lowest BCUT2D eigenvalue weighted by Gasteiger charge is -2.36. The van der Waals surface area contributed by atoms with E-state index in [2.05, 4.69) is 17.1 Å². The molecule has 1 aliphatic heterocycles. The van der Waals surface area contributed by atoms with Crippen LogP contribution in [0.2, 0.25) is 0 Å². The zero-order valence-corrected chi connectivity index (χ0v) is 12.2. The molecule has 2 heterocycles. The van der Waals surface area contributed by atoms with E-state index in [0.29, 0.717) is 13.1 Å². The van der Waals surface area contributed by atoms with Crippen LogP contribution in [-0.2, 0) is 4.79 Å². The fourth-order valence-electron chi connectivity index (χ4n) is 2.96. The van der Waals surface area contributed by atoms with Gasteiger partial charge in [0.25, 0.3) is 0 Å². The smallest absolute Gasteiger partial charge is 0.224 e. The lowest BCUT2D eigenvalue weighted by atomic mass is 9.94. The molecule has 3 N–H and O–H groups in total. The molecule has 0 aromatic carbocycles. The average Bonchev–Trinajstić information content (AvgIpc) is 3.00. The Balaban J connectivity index is 1.97. The van der Waals surface area contributed by atoms with E-state index in [0.717, 1.165) is 38.1 Å². The summed E-state index contributed by atoms with van der Waals surface area (Å²) in [5, 5.41) is 2.90. The topological polar surface area (TPSA) is 71.5 Å². The third-order valence-electron chi connectivity index (χ3n) is 3.97. The summed E-state index contributed by atoms with van der Waals surface area (Å²) in [6.45, 7) is 5.04. The Hall–Kier alpha value is -1.33. The number of piperidine rings is 1. The van der Waals surface area contributed by atoms with Gasteiger partial charge in [-0.05, 0) is 37.9 Å². The second-order valence-electron chi connectivity index (χ2n) is 5.35. The van der Waals surface area contributed by atoms with Crippen molar-refractivity contribution in [2.75, 3.05) is 26.2 Å². The summed E-state index contributed by atoms with van der Waals surface area (Å²) in [7, 11) is 0. The summed E-state index contributed by atoms with van der Waals surface area (Å²) < 4.78 is 5.54. The van der Waals surface area contributed by atoms with Gasteiger partial charge in [0.05, 0.1) is 18.2 Å². The minimum Gasteiger partial charge on any atom is -0.468 e. The largest absolute Gasteiger partial charge is 0.468 e. The summed E-state index contributed by atoms with van der Waals surface area (Å²) in [6, 6.07) is 4.22. The van der Waals surface area contributed by atoms with Crippen molar-refractivity contribution in [1.29, 1.82) is 0 Å². The molecule has 2 atom stereocenters. The summed E-state index contributed by atoms with van der Waals surface area (Å²) >= 11 is 0. The minimum absolute atomic E-state index is 0.0688. The lowest BCUT2D eigenvalue weighted by molar-refractivity contribution is -0.127. The molecule has 2 unspecified atom stereocenters. The van der Waals surface area contributed by atoms with Gasteiger partial charge in [-0.2, -0.15) is 0 Å². The van der Waals surface area contributed by atoms with Crippen molar-refractivity contribution in [3.63, 3.8) is 0 Å². The highest BCUT2D eigenvalue weighted by Gasteiger charge is 2.30. The number of carbonyl (C=O) groups excluding carboxylic acids is 1. The van der Waals surface area contributed by atoms with Gasteiger partial charge in [0.1, 0.15) is 5.76 Å². The molecule has 5 nitrogen and oxygen atoms in total. The molecule has 0 spiro atoms. The Kier molecular flexibility index (Phi) is 5.61. The summed E-state index contributed by atoms with van der Waals surface area (Å²) in [5.41, 5.74) is 5.43. The Bertz CT molecular complexity index is 405. The molecule has 112 valence electrons. The Labute approximate surface area is 120 Å². The first-order valence-electron chi connectivity index (χ1n) is 7.51. The standard InChI is InChI=1S/C15H25N3O2/c1-2-13(14-6-4-10-20-14)18-9-3-5-12(11-18)15(19)17-8-7-16/h4,6,10,12-13H,2-3,5,7-9,11,16H2,1H3,(H,17,19). The Morgan fingerprint density at radius 3 is 3.15 bits per heavy atom. The zero-order chi connectivity index (χ0) is 14.4. The minimum atomic E-state index is 0.0688. The van der Waals surface area contributed by atoms with Crippen molar-refractivity contribution < 1.29 is 9.21 Å². The van der Waals surface area contributed by atoms with Crippen molar-refractivity contribution in [3.8, 4) is 0 Å². The van der Waals surface area contributed by atoms with Crippen LogP contribution in [0.5, 0.6) is 0 Å². The van der Waals surface area contributed by atoms with E-state index in [1.807, 2.05) is 12.1 Å². The summed E-state index contributed by atoms with van der Waals surface area (Å²) in [5.74, 6) is 1.20. The van der Waals surface area contributed by atoms with Gasteiger partial charge >= 0.3 is 0 Å². The van der Waals surface area contributed by atoms with Crippen molar-refractivity contribution in [3.05, 3.63) is 24.2 Å². The maximum atomic E-state index is 12.1. The van der Waals surface area contributed by atoms with Crippen molar-refractivity contribution in [2.45, 2.75) is 32.2 Å². The van der Waals surface area contributed by atoms with Crippen LogP contribution in [0, 0.1) is 5.92 Å². The molecule has 5 heteroatoms. The zero-order valence-electron chi connectivity index (χ0n) is 12.2. The van der Waals surface area contributed by atoms with E-state index in [1.165, 1.54) is 0 Å². The monoisotopic (exact) mass is 279 g/mol. The fraction of sp³-hybridized carbons (Fsp3) is 0.667. The Morgan fingerprint density at radius 2 is 2.50 bits per heavy atom. The number of likely N-dealkylation sites (tertiary alicyclic amines) is 1. The van der Waals surface area contributed by atoms with Crippen molar-refractivity contribution in [1.82, 2.24) is 10.2 Å². The van der Waals surface area contributed by atoms with Gasteiger partial charge in [-0.15, -0.1) is 0 Å². The van der Waals surface area contributed by atoms with Crippen LogP contribution >= 0.6 is 0 Å². The fourth-order valence-corrected chi connectivity index (χ4v) is 2.96. The van der Waals surface area contributed by atoms with Crippen LogP contribution in [0.4, 0.5) is 0 Å². The second-order valence-corrected chi connectivity index (χ2v) is 5.35. The molecule has 0 saturated carbocycles. The SMILES string of the molecule is CCC(c1ccco1)N1CCCC(C(=O)NCCN)C1. The molecule has 1 fully saturated rings. The molecule has 1 aliphatic rings. The highest BCUT2D eigenvalue weighted by Crippen LogP contribution is 2.29. The molecule has 1 aromatic rings. The number of nitrogens with one attached hydrogen (secondary N) is 1. The van der Waals surface area contributed by atoms with E-state index in [-0.39, 0.29) is 17.9 Å². The molecular weight excluding hydrogens is 254 g/mol. The van der Waals surface area contributed by atoms with Crippen molar-refractivity contribution >= 4 is 5.91 Å². The van der Waals surface area contributed by atoms with Crippen LogP contribution in [0.3, 0.4) is 0 Å². The van der Waals surface area contributed by atoms with Crippen LogP contribution in [-0.4, -0.2) is 37.0 Å². The first kappa shape index (κ1) is 15.1. The first-order valence-corrected chi connectivity index (χ1v) is 7.51. The third kappa shape index (κ3) is 3.61. The van der Waals surface area contributed by atoms with Crippen LogP contribution in [0.25, 0.3) is 0 Å². The number of amides is 1. The number of rotatable bonds is 6. The number of nitrogens with zero attached hydrogens (tertiary/aromatic N) is 1. The van der Waals surface area contributed by atoms with Crippen LogP contribution in [0.15, 0.2) is 22.8 Å². The van der Waals surface area contributed by atoms with Gasteiger partial charge < -0.3 is 15.5 Å². The number of carbonyl (C=O) groups is 1. The highest BCUT2D eigenvalue weighted by molar-refractivity contribution is 5.78. The van der Waals surface area contributed by atoms with Crippen molar-refractivity contribution in [2.24, 2.45) is 11.7 Å². The number of hydrogen-bond donors (Lipinski definition) is 2. The molecular formula is C15H25N3O2. The molecule has 1 amide bonds. The first-order chi connectivity index (χ1) is 9.76. The molecule has 0 aliphatic carbocycles. The highest BCUT2D eigenvalue weighted by atomic mass is 16.3. The number of hydrogen-bond acceptors (Lipinski definition) is 4. The predicted octanol–water partition coefficient (Wildman–Crippen LogP) is 1.52. The summed E-state index contributed by atoms with van der Waals surface area (Å²) in [4.78, 5) is 14.5. The van der Waals surface area contributed by atoms with Crippen LogP contribution in [0.1, 0.15) is 38.0 Å². The van der Waals surface area contributed by atoms with E-state index in [4.69, 9.17) is 10.2 Å². The molecule has 1 saturated heterocycles. The summed E-state index contributed by atoms with van der Waals surface area (Å²) in [6.07, 6.45) is 4.72. The van der Waals surface area contributed by atoms with E-state index in [1.54, 1.807) is 6.26 Å². The molecule has 20 heavy (non-hydrogen) atoms. The Morgan fingerprint density at radius 1 is 1.65 bits per heavy atom. The average molecular weight is 279 g/mol. The third-order valence-corrected chi connectivity index (χ3v) is 3.97. The quantitative estimate of drug-likeness (QED) is 0.828. The maximum Gasteiger partial charge on any atom is 0.224 e. The van der Waals surface area contributed by atoms with Gasteiger partial charge in [0.2, 0.25) is 5.91 Å². The van der Waals surface area contributed by atoms with E-state index >= 15 is 0 Å². The predicted molar refractivity (Wildman–Crippen MR) is 78.1 cm³/mol. The van der Waals surface area contributed by atoms with Gasteiger partial charge in [-0.1, -0.05) is 6.92 Å². The van der Waals surface area contributed by atoms with Gasteiger partial charge in [0, 0.05) is 19.6 Å². The molecule has 1 aromatic heterocycles. The lowest BCUT2D eigenvalue weighted by Crippen LogP contribution is -2.45. The van der Waals surface area contributed by atoms with Crippen LogP contribution < -0.4 is 11.1 Å². The van der Waals surface area contributed by atoms with E-state index in [9.17, 15) is 4.79 Å². The number of nitrogens with two attached hydrogens (primary N) is 1. The normalized spacial score (nSPS) is 21.6. The molecule has 0 bridgehead atoms. The van der Waals surface area contributed by atoms with Gasteiger partial charge in [0.15, 0.2) is 0 Å². The van der Waals surface area contributed by atoms with E-state index < -0.39 is 0 Å².